The molecular weight excluding hydrogens is 265 g/mol. The molecule has 0 radical (unpaired) electrons. The highest BCUT2D eigenvalue weighted by molar-refractivity contribution is 7.71. The van der Waals surface area contributed by atoms with Crippen molar-refractivity contribution in [3.63, 3.8) is 0 Å². The van der Waals surface area contributed by atoms with E-state index in [1.54, 1.807) is 6.07 Å². The molecule has 2 heterocycles. The van der Waals surface area contributed by atoms with E-state index < -0.39 is 0 Å². The molecule has 0 aliphatic carbocycles. The van der Waals surface area contributed by atoms with E-state index in [1.165, 1.54) is 12.1 Å². The Balaban J connectivity index is 1.93. The van der Waals surface area contributed by atoms with Gasteiger partial charge in [-0.15, -0.1) is 0 Å². The summed E-state index contributed by atoms with van der Waals surface area (Å²) in [6.07, 6.45) is 0.0905. The van der Waals surface area contributed by atoms with Gasteiger partial charge in [0, 0.05) is 13.1 Å². The highest BCUT2D eigenvalue weighted by Gasteiger charge is 2.19. The number of likely N-dealkylation sites (N-methyl/N-ethyl adjacent to an activating group) is 1. The van der Waals surface area contributed by atoms with E-state index in [9.17, 15) is 4.39 Å². The number of imidazole rings is 1. The van der Waals surface area contributed by atoms with E-state index in [1.807, 2.05) is 4.57 Å². The SMILES string of the molecule is CN1CCOC(Cn2c(=S)[nH]c3ccc(F)cc32)C1. The minimum Gasteiger partial charge on any atom is -0.374 e. The molecule has 1 aliphatic heterocycles. The van der Waals surface area contributed by atoms with E-state index in [-0.39, 0.29) is 11.9 Å². The average Bonchev–Trinajstić information content (AvgIpc) is 2.66. The zero-order valence-corrected chi connectivity index (χ0v) is 11.5. The molecule has 1 aliphatic rings. The third kappa shape index (κ3) is 2.56. The number of aromatic amines is 1. The molecule has 1 unspecified atom stereocenters. The van der Waals surface area contributed by atoms with Crippen LogP contribution in [-0.4, -0.2) is 47.3 Å². The third-order valence-corrected chi connectivity index (χ3v) is 3.79. The van der Waals surface area contributed by atoms with Gasteiger partial charge in [0.25, 0.3) is 0 Å². The number of H-pyrrole nitrogens is 1. The van der Waals surface area contributed by atoms with Crippen LogP contribution < -0.4 is 0 Å². The molecule has 0 amide bonds. The van der Waals surface area contributed by atoms with Crippen LogP contribution in [0, 0.1) is 10.6 Å². The van der Waals surface area contributed by atoms with Gasteiger partial charge in [-0.25, -0.2) is 4.39 Å². The summed E-state index contributed by atoms with van der Waals surface area (Å²) in [5.41, 5.74) is 1.65. The largest absolute Gasteiger partial charge is 0.374 e. The molecule has 0 saturated carbocycles. The number of hydrogen-bond donors (Lipinski definition) is 1. The number of morpholine rings is 1. The standard InChI is InChI=1S/C13H16FN3OS/c1-16-4-5-18-10(7-16)8-17-12-6-9(14)2-3-11(12)15-13(17)19/h2-3,6,10H,4-5,7-8H2,1H3,(H,15,19). The van der Waals surface area contributed by atoms with Gasteiger partial charge < -0.3 is 19.2 Å². The van der Waals surface area contributed by atoms with Crippen LogP contribution in [0.1, 0.15) is 0 Å². The van der Waals surface area contributed by atoms with Crippen LogP contribution >= 0.6 is 12.2 Å². The molecule has 1 atom stereocenters. The van der Waals surface area contributed by atoms with Gasteiger partial charge in [-0.1, -0.05) is 0 Å². The van der Waals surface area contributed by atoms with Crippen LogP contribution in [-0.2, 0) is 11.3 Å². The van der Waals surface area contributed by atoms with Crippen molar-refractivity contribution in [1.29, 1.82) is 0 Å². The summed E-state index contributed by atoms with van der Waals surface area (Å²) in [5, 5.41) is 0. The predicted octanol–water partition coefficient (Wildman–Crippen LogP) is 2.17. The van der Waals surface area contributed by atoms with E-state index in [0.29, 0.717) is 11.3 Å². The van der Waals surface area contributed by atoms with Crippen molar-refractivity contribution < 1.29 is 9.13 Å². The molecule has 1 fully saturated rings. The van der Waals surface area contributed by atoms with Gasteiger partial charge in [0.2, 0.25) is 0 Å². The lowest BCUT2D eigenvalue weighted by Crippen LogP contribution is -2.41. The molecule has 0 spiro atoms. The van der Waals surface area contributed by atoms with Crippen molar-refractivity contribution >= 4 is 23.3 Å². The number of ether oxygens (including phenoxy) is 1. The molecule has 3 rings (SSSR count). The van der Waals surface area contributed by atoms with Crippen LogP contribution in [0.4, 0.5) is 4.39 Å². The Bertz CT molecular complexity index is 651. The topological polar surface area (TPSA) is 33.2 Å². The summed E-state index contributed by atoms with van der Waals surface area (Å²) >= 11 is 5.31. The lowest BCUT2D eigenvalue weighted by Gasteiger charge is -2.30. The Kier molecular flexibility index (Phi) is 3.38. The van der Waals surface area contributed by atoms with Crippen LogP contribution in [0.2, 0.25) is 0 Å². The Labute approximate surface area is 115 Å². The van der Waals surface area contributed by atoms with Gasteiger partial charge >= 0.3 is 0 Å². The molecule has 1 aromatic heterocycles. The second kappa shape index (κ2) is 5.03. The molecule has 6 heteroatoms. The van der Waals surface area contributed by atoms with Crippen LogP contribution in [0.5, 0.6) is 0 Å². The van der Waals surface area contributed by atoms with Crippen LogP contribution in [0.15, 0.2) is 18.2 Å². The molecule has 0 bridgehead atoms. The van der Waals surface area contributed by atoms with Crippen LogP contribution in [0.25, 0.3) is 11.0 Å². The van der Waals surface area contributed by atoms with Gasteiger partial charge in [0.1, 0.15) is 5.82 Å². The van der Waals surface area contributed by atoms with Crippen molar-refractivity contribution in [3.05, 3.63) is 28.8 Å². The van der Waals surface area contributed by atoms with Crippen LogP contribution in [0.3, 0.4) is 0 Å². The number of nitrogens with one attached hydrogen (secondary N) is 1. The summed E-state index contributed by atoms with van der Waals surface area (Å²) < 4.78 is 21.6. The first kappa shape index (κ1) is 12.8. The zero-order chi connectivity index (χ0) is 13.4. The maximum absolute atomic E-state index is 13.4. The van der Waals surface area contributed by atoms with E-state index in [0.717, 1.165) is 30.7 Å². The molecule has 1 saturated heterocycles. The molecule has 102 valence electrons. The first-order valence-electron chi connectivity index (χ1n) is 6.32. The van der Waals surface area contributed by atoms with Gasteiger partial charge in [0.15, 0.2) is 4.77 Å². The first-order valence-corrected chi connectivity index (χ1v) is 6.72. The summed E-state index contributed by atoms with van der Waals surface area (Å²) in [7, 11) is 2.07. The Morgan fingerprint density at radius 3 is 3.16 bits per heavy atom. The highest BCUT2D eigenvalue weighted by atomic mass is 32.1. The van der Waals surface area contributed by atoms with E-state index in [2.05, 4.69) is 16.9 Å². The number of hydrogen-bond acceptors (Lipinski definition) is 3. The van der Waals surface area contributed by atoms with Gasteiger partial charge in [-0.2, -0.15) is 0 Å². The summed E-state index contributed by atoms with van der Waals surface area (Å²) in [6.45, 7) is 3.19. The Morgan fingerprint density at radius 1 is 1.53 bits per heavy atom. The maximum atomic E-state index is 13.4. The number of fused-ring (bicyclic) bond motifs is 1. The smallest absolute Gasteiger partial charge is 0.178 e. The van der Waals surface area contributed by atoms with Gasteiger partial charge in [0.05, 0.1) is 30.3 Å². The average molecular weight is 281 g/mol. The van der Waals surface area contributed by atoms with Gasteiger partial charge in [-0.3, -0.25) is 0 Å². The maximum Gasteiger partial charge on any atom is 0.178 e. The molecule has 4 nitrogen and oxygen atoms in total. The molecule has 1 aromatic carbocycles. The predicted molar refractivity (Wildman–Crippen MR) is 74.3 cm³/mol. The third-order valence-electron chi connectivity index (χ3n) is 3.47. The summed E-state index contributed by atoms with van der Waals surface area (Å²) in [5.74, 6) is -0.253. The van der Waals surface area contributed by atoms with Crippen molar-refractivity contribution in [1.82, 2.24) is 14.5 Å². The monoisotopic (exact) mass is 281 g/mol. The quantitative estimate of drug-likeness (QED) is 0.857. The first-order chi connectivity index (χ1) is 9.13. The lowest BCUT2D eigenvalue weighted by molar-refractivity contribution is -0.0271. The fourth-order valence-corrected chi connectivity index (χ4v) is 2.77. The second-order valence-electron chi connectivity index (χ2n) is 4.96. The lowest BCUT2D eigenvalue weighted by atomic mass is 10.2. The number of aromatic nitrogens is 2. The summed E-state index contributed by atoms with van der Waals surface area (Å²) in [4.78, 5) is 5.33. The minimum atomic E-state index is -0.253. The Hall–Kier alpha value is -1.24. The fraction of sp³-hybridized carbons (Fsp3) is 0.462. The molecule has 1 N–H and O–H groups in total. The van der Waals surface area contributed by atoms with Crippen molar-refractivity contribution in [2.75, 3.05) is 26.7 Å². The zero-order valence-electron chi connectivity index (χ0n) is 10.7. The minimum absolute atomic E-state index is 0.0905. The van der Waals surface area contributed by atoms with Crippen molar-refractivity contribution in [2.24, 2.45) is 0 Å². The second-order valence-corrected chi connectivity index (χ2v) is 5.34. The van der Waals surface area contributed by atoms with E-state index in [4.69, 9.17) is 17.0 Å². The van der Waals surface area contributed by atoms with Crippen molar-refractivity contribution in [3.8, 4) is 0 Å². The van der Waals surface area contributed by atoms with E-state index >= 15 is 0 Å². The fourth-order valence-electron chi connectivity index (χ4n) is 2.49. The highest BCUT2D eigenvalue weighted by Crippen LogP contribution is 2.17. The van der Waals surface area contributed by atoms with Crippen molar-refractivity contribution in [2.45, 2.75) is 12.6 Å². The molecule has 2 aromatic rings. The Morgan fingerprint density at radius 2 is 2.37 bits per heavy atom. The number of halogens is 1. The summed E-state index contributed by atoms with van der Waals surface area (Å²) in [6, 6.07) is 4.65. The number of rotatable bonds is 2. The number of nitrogens with zero attached hydrogens (tertiary/aromatic N) is 2. The molecular formula is C13H16FN3OS. The molecule has 19 heavy (non-hydrogen) atoms. The van der Waals surface area contributed by atoms with Gasteiger partial charge in [-0.05, 0) is 37.5 Å². The normalized spacial score (nSPS) is 21.1. The number of benzene rings is 1.